The molecule has 0 saturated heterocycles. The summed E-state index contributed by atoms with van der Waals surface area (Å²) < 4.78 is 18.6. The molecular formula is C13H11ClFNO. The number of nitrogens with zero attached hydrogens (tertiary/aromatic N) is 1. The molecule has 4 heteroatoms. The van der Waals surface area contributed by atoms with E-state index in [1.54, 1.807) is 30.3 Å². The van der Waals surface area contributed by atoms with Gasteiger partial charge in [-0.2, -0.15) is 0 Å². The number of benzene rings is 1. The summed E-state index contributed by atoms with van der Waals surface area (Å²) in [5.41, 5.74) is 0.756. The van der Waals surface area contributed by atoms with Gasteiger partial charge in [-0.3, -0.25) is 0 Å². The molecule has 0 aliphatic rings. The predicted molar refractivity (Wildman–Crippen MR) is 64.7 cm³/mol. The predicted octanol–water partition coefficient (Wildman–Crippen LogP) is 4.01. The van der Waals surface area contributed by atoms with Crippen LogP contribution >= 0.6 is 11.6 Å². The molecule has 0 amide bonds. The summed E-state index contributed by atoms with van der Waals surface area (Å²) >= 11 is 5.75. The third kappa shape index (κ3) is 3.17. The molecule has 0 aliphatic carbocycles. The summed E-state index contributed by atoms with van der Waals surface area (Å²) in [5.74, 6) is 0.145. The lowest BCUT2D eigenvalue weighted by Crippen LogP contribution is -2.04. The Morgan fingerprint density at radius 3 is 2.71 bits per heavy atom. The summed E-state index contributed by atoms with van der Waals surface area (Å²) in [6.45, 7) is 1.83. The van der Waals surface area contributed by atoms with Crippen molar-refractivity contribution in [1.29, 1.82) is 0 Å². The molecule has 1 aromatic heterocycles. The second-order valence-corrected chi connectivity index (χ2v) is 4.00. The second kappa shape index (κ2) is 5.15. The lowest BCUT2D eigenvalue weighted by molar-refractivity contribution is 0.217. The molecule has 0 fully saturated rings. The van der Waals surface area contributed by atoms with E-state index >= 15 is 0 Å². The maximum Gasteiger partial charge on any atom is 0.215 e. The van der Waals surface area contributed by atoms with Gasteiger partial charge in [-0.15, -0.1) is 0 Å². The molecule has 0 bridgehead atoms. The molecular weight excluding hydrogens is 241 g/mol. The maximum absolute atomic E-state index is 13.0. The number of ether oxygens (including phenoxy) is 1. The van der Waals surface area contributed by atoms with Crippen LogP contribution in [0.5, 0.6) is 5.88 Å². The van der Waals surface area contributed by atoms with Gasteiger partial charge in [0.25, 0.3) is 0 Å². The topological polar surface area (TPSA) is 22.1 Å². The molecule has 0 spiro atoms. The van der Waals surface area contributed by atoms with E-state index in [-0.39, 0.29) is 11.9 Å². The van der Waals surface area contributed by atoms with Gasteiger partial charge < -0.3 is 4.74 Å². The molecule has 0 N–H and O–H groups in total. The number of halogens is 2. The number of rotatable bonds is 3. The van der Waals surface area contributed by atoms with Crippen LogP contribution in [0.15, 0.2) is 42.5 Å². The Balaban J connectivity index is 2.14. The highest BCUT2D eigenvalue weighted by atomic mass is 35.5. The number of hydrogen-bond donors (Lipinski definition) is 0. The van der Waals surface area contributed by atoms with E-state index in [4.69, 9.17) is 16.3 Å². The first-order valence-electron chi connectivity index (χ1n) is 5.20. The highest BCUT2D eigenvalue weighted by molar-refractivity contribution is 6.29. The van der Waals surface area contributed by atoms with Gasteiger partial charge in [-0.25, -0.2) is 9.37 Å². The van der Waals surface area contributed by atoms with Crippen molar-refractivity contribution in [2.24, 2.45) is 0 Å². The van der Waals surface area contributed by atoms with Crippen molar-refractivity contribution in [3.8, 4) is 5.88 Å². The zero-order valence-corrected chi connectivity index (χ0v) is 9.99. The van der Waals surface area contributed by atoms with E-state index in [9.17, 15) is 4.39 Å². The van der Waals surface area contributed by atoms with Crippen molar-refractivity contribution in [3.05, 3.63) is 59.0 Å². The maximum atomic E-state index is 13.0. The molecule has 1 aromatic carbocycles. The fraction of sp³-hybridized carbons (Fsp3) is 0.154. The molecule has 2 nitrogen and oxygen atoms in total. The van der Waals surface area contributed by atoms with Crippen LogP contribution in [0.1, 0.15) is 18.6 Å². The van der Waals surface area contributed by atoms with E-state index in [1.807, 2.05) is 6.92 Å². The molecule has 0 saturated carbocycles. The lowest BCUT2D eigenvalue weighted by atomic mass is 10.1. The molecule has 0 radical (unpaired) electrons. The summed E-state index contributed by atoms with van der Waals surface area (Å²) in [5, 5.41) is 0.369. The number of pyridine rings is 1. The normalized spacial score (nSPS) is 12.2. The van der Waals surface area contributed by atoms with E-state index in [2.05, 4.69) is 4.98 Å². The second-order valence-electron chi connectivity index (χ2n) is 3.61. The third-order valence-corrected chi connectivity index (χ3v) is 2.52. The Kier molecular flexibility index (Phi) is 3.59. The average molecular weight is 252 g/mol. The Hall–Kier alpha value is -1.61. The number of aromatic nitrogens is 1. The minimum atomic E-state index is -0.281. The zero-order valence-electron chi connectivity index (χ0n) is 9.23. The Morgan fingerprint density at radius 2 is 2.00 bits per heavy atom. The van der Waals surface area contributed by atoms with Crippen molar-refractivity contribution in [2.75, 3.05) is 0 Å². The minimum Gasteiger partial charge on any atom is -0.470 e. The first kappa shape index (κ1) is 11.9. The molecule has 2 aromatic rings. The van der Waals surface area contributed by atoms with Gasteiger partial charge in [0.1, 0.15) is 17.1 Å². The average Bonchev–Trinajstić information content (AvgIpc) is 2.29. The summed E-state index contributed by atoms with van der Waals surface area (Å²) in [6, 6.07) is 11.4. The van der Waals surface area contributed by atoms with Crippen molar-refractivity contribution < 1.29 is 9.13 Å². The van der Waals surface area contributed by atoms with Crippen LogP contribution in [-0.4, -0.2) is 4.98 Å². The standard InChI is InChI=1S/C13H11ClFNO/c1-9(10-4-2-5-11(15)8-10)17-13-7-3-6-12(14)16-13/h2-9H,1H3. The van der Waals surface area contributed by atoms with Crippen molar-refractivity contribution in [1.82, 2.24) is 4.98 Å². The Morgan fingerprint density at radius 1 is 1.24 bits per heavy atom. The van der Waals surface area contributed by atoms with Crippen molar-refractivity contribution >= 4 is 11.6 Å². The van der Waals surface area contributed by atoms with Crippen LogP contribution in [0.4, 0.5) is 4.39 Å². The quantitative estimate of drug-likeness (QED) is 0.769. The van der Waals surface area contributed by atoms with Gasteiger partial charge in [-0.05, 0) is 30.7 Å². The number of hydrogen-bond acceptors (Lipinski definition) is 2. The van der Waals surface area contributed by atoms with Crippen molar-refractivity contribution in [2.45, 2.75) is 13.0 Å². The Bertz CT molecular complexity index is 518. The lowest BCUT2D eigenvalue weighted by Gasteiger charge is -2.14. The van der Waals surface area contributed by atoms with Gasteiger partial charge in [-0.1, -0.05) is 29.8 Å². The van der Waals surface area contributed by atoms with E-state index < -0.39 is 0 Å². The molecule has 88 valence electrons. The minimum absolute atomic E-state index is 0.281. The van der Waals surface area contributed by atoms with Gasteiger partial charge in [0.15, 0.2) is 0 Å². The smallest absolute Gasteiger partial charge is 0.215 e. The monoisotopic (exact) mass is 251 g/mol. The fourth-order valence-corrected chi connectivity index (χ4v) is 1.62. The molecule has 1 heterocycles. The molecule has 1 atom stereocenters. The summed E-state index contributed by atoms with van der Waals surface area (Å²) in [4.78, 5) is 4.01. The van der Waals surface area contributed by atoms with E-state index in [1.165, 1.54) is 12.1 Å². The van der Waals surface area contributed by atoms with Gasteiger partial charge in [0.05, 0.1) is 0 Å². The van der Waals surface area contributed by atoms with Gasteiger partial charge >= 0.3 is 0 Å². The van der Waals surface area contributed by atoms with Crippen LogP contribution < -0.4 is 4.74 Å². The fourth-order valence-electron chi connectivity index (χ4n) is 1.46. The van der Waals surface area contributed by atoms with E-state index in [0.29, 0.717) is 11.0 Å². The molecule has 1 unspecified atom stereocenters. The zero-order chi connectivity index (χ0) is 12.3. The van der Waals surface area contributed by atoms with Crippen molar-refractivity contribution in [3.63, 3.8) is 0 Å². The highest BCUT2D eigenvalue weighted by Crippen LogP contribution is 2.21. The molecule has 2 rings (SSSR count). The van der Waals surface area contributed by atoms with Crippen LogP contribution in [0.25, 0.3) is 0 Å². The van der Waals surface area contributed by atoms with Gasteiger partial charge in [0, 0.05) is 6.07 Å². The van der Waals surface area contributed by atoms with Crippen LogP contribution in [0, 0.1) is 5.82 Å². The van der Waals surface area contributed by atoms with Gasteiger partial charge in [0.2, 0.25) is 5.88 Å². The Labute approximate surface area is 104 Å². The highest BCUT2D eigenvalue weighted by Gasteiger charge is 2.08. The van der Waals surface area contributed by atoms with Crippen LogP contribution in [0.2, 0.25) is 5.15 Å². The summed E-state index contributed by atoms with van der Waals surface area (Å²) in [7, 11) is 0. The first-order valence-corrected chi connectivity index (χ1v) is 5.57. The summed E-state index contributed by atoms with van der Waals surface area (Å²) in [6.07, 6.45) is -0.281. The van der Waals surface area contributed by atoms with Crippen LogP contribution in [-0.2, 0) is 0 Å². The largest absolute Gasteiger partial charge is 0.470 e. The molecule has 0 aliphatic heterocycles. The third-order valence-electron chi connectivity index (χ3n) is 2.31. The molecule has 17 heavy (non-hydrogen) atoms. The van der Waals surface area contributed by atoms with E-state index in [0.717, 1.165) is 5.56 Å². The van der Waals surface area contributed by atoms with Crippen LogP contribution in [0.3, 0.4) is 0 Å². The SMILES string of the molecule is CC(Oc1cccc(Cl)n1)c1cccc(F)c1. The first-order chi connectivity index (χ1) is 8.15.